The lowest BCUT2D eigenvalue weighted by molar-refractivity contribution is -0.166. The largest absolute Gasteiger partial charge is 0.462 e. The van der Waals surface area contributed by atoms with E-state index >= 15 is 0 Å². The van der Waals surface area contributed by atoms with Gasteiger partial charge in [0.15, 0.2) is 6.10 Å². The summed E-state index contributed by atoms with van der Waals surface area (Å²) in [6.45, 7) is 6.32. The molecule has 0 aliphatic heterocycles. The summed E-state index contributed by atoms with van der Waals surface area (Å²) in [6.07, 6.45) is 93.5. The molecule has 6 nitrogen and oxygen atoms in total. The number of allylic oxidation sites excluding steroid dienone is 22. The first-order valence-corrected chi connectivity index (χ1v) is 32.7. The summed E-state index contributed by atoms with van der Waals surface area (Å²) in [4.78, 5) is 38.2. The smallest absolute Gasteiger partial charge is 0.306 e. The van der Waals surface area contributed by atoms with E-state index in [2.05, 4.69) is 142 Å². The fourth-order valence-corrected chi connectivity index (χ4v) is 8.86. The van der Waals surface area contributed by atoms with Crippen molar-refractivity contribution in [3.05, 3.63) is 134 Å². The number of rotatable bonds is 58. The second kappa shape index (κ2) is 66.1. The van der Waals surface area contributed by atoms with Crippen molar-refractivity contribution >= 4 is 17.9 Å². The van der Waals surface area contributed by atoms with Crippen molar-refractivity contribution in [1.82, 2.24) is 0 Å². The molecule has 0 aromatic rings. The molecule has 448 valence electrons. The van der Waals surface area contributed by atoms with E-state index in [4.69, 9.17) is 14.2 Å². The van der Waals surface area contributed by atoms with Crippen LogP contribution in [0.15, 0.2) is 134 Å². The van der Waals surface area contributed by atoms with Gasteiger partial charge in [-0.05, 0) is 96.3 Å². The molecule has 0 N–H and O–H groups in total. The topological polar surface area (TPSA) is 78.9 Å². The molecule has 0 aliphatic rings. The van der Waals surface area contributed by atoms with Gasteiger partial charge in [-0.25, -0.2) is 0 Å². The Hall–Kier alpha value is -4.45. The molecular formula is C73H120O6. The maximum Gasteiger partial charge on any atom is 0.306 e. The lowest BCUT2D eigenvalue weighted by atomic mass is 10.0. The molecule has 79 heavy (non-hydrogen) atoms. The highest BCUT2D eigenvalue weighted by molar-refractivity contribution is 5.71. The zero-order chi connectivity index (χ0) is 57.1. The van der Waals surface area contributed by atoms with E-state index in [1.54, 1.807) is 0 Å². The van der Waals surface area contributed by atoms with Crippen LogP contribution in [-0.4, -0.2) is 37.2 Å². The van der Waals surface area contributed by atoms with Gasteiger partial charge in [0.25, 0.3) is 0 Å². The van der Waals surface area contributed by atoms with Crippen LogP contribution in [0.4, 0.5) is 0 Å². The number of esters is 3. The van der Waals surface area contributed by atoms with Crippen LogP contribution in [0.1, 0.15) is 290 Å². The molecule has 0 amide bonds. The highest BCUT2D eigenvalue weighted by Gasteiger charge is 2.19. The second-order valence-corrected chi connectivity index (χ2v) is 21.3. The number of unbranched alkanes of at least 4 members (excludes halogenated alkanes) is 25. The Morgan fingerprint density at radius 2 is 0.519 bits per heavy atom. The second-order valence-electron chi connectivity index (χ2n) is 21.3. The van der Waals surface area contributed by atoms with Crippen LogP contribution in [0, 0.1) is 0 Å². The van der Waals surface area contributed by atoms with Crippen molar-refractivity contribution in [3.8, 4) is 0 Å². The first-order chi connectivity index (χ1) is 39.0. The summed E-state index contributed by atoms with van der Waals surface area (Å²) in [5.41, 5.74) is 0. The van der Waals surface area contributed by atoms with E-state index in [9.17, 15) is 14.4 Å². The molecule has 0 aromatic heterocycles. The molecule has 0 aliphatic carbocycles. The maximum atomic E-state index is 12.9. The number of hydrogen-bond donors (Lipinski definition) is 0. The molecule has 0 bridgehead atoms. The zero-order valence-electron chi connectivity index (χ0n) is 51.3. The fraction of sp³-hybridized carbons (Fsp3) is 0.658. The van der Waals surface area contributed by atoms with Crippen LogP contribution in [0.3, 0.4) is 0 Å². The average Bonchev–Trinajstić information content (AvgIpc) is 3.45. The predicted octanol–water partition coefficient (Wildman–Crippen LogP) is 22.5. The van der Waals surface area contributed by atoms with Crippen molar-refractivity contribution in [2.45, 2.75) is 297 Å². The summed E-state index contributed by atoms with van der Waals surface area (Å²) in [5, 5.41) is 0. The van der Waals surface area contributed by atoms with Crippen LogP contribution in [0.2, 0.25) is 0 Å². The molecule has 0 fully saturated rings. The fourth-order valence-electron chi connectivity index (χ4n) is 8.86. The molecule has 0 spiro atoms. The van der Waals surface area contributed by atoms with E-state index in [1.165, 1.54) is 141 Å². The van der Waals surface area contributed by atoms with E-state index in [0.29, 0.717) is 19.3 Å². The van der Waals surface area contributed by atoms with Gasteiger partial charge < -0.3 is 14.2 Å². The van der Waals surface area contributed by atoms with Crippen molar-refractivity contribution in [2.75, 3.05) is 13.2 Å². The summed E-state index contributed by atoms with van der Waals surface area (Å²) >= 11 is 0. The Balaban J connectivity index is 4.43. The molecule has 6 heteroatoms. The molecule has 1 unspecified atom stereocenters. The van der Waals surface area contributed by atoms with Gasteiger partial charge in [0.1, 0.15) is 13.2 Å². The maximum absolute atomic E-state index is 12.9. The zero-order valence-corrected chi connectivity index (χ0v) is 51.3. The molecule has 0 heterocycles. The first kappa shape index (κ1) is 74.5. The minimum atomic E-state index is -0.842. The van der Waals surface area contributed by atoms with Crippen LogP contribution in [0.25, 0.3) is 0 Å². The average molecular weight is 1090 g/mol. The molecule has 1 atom stereocenters. The molecule has 0 radical (unpaired) electrons. The highest BCUT2D eigenvalue weighted by atomic mass is 16.6. The Labute approximate surface area is 487 Å². The number of hydrogen-bond acceptors (Lipinski definition) is 6. The van der Waals surface area contributed by atoms with Crippen LogP contribution in [0.5, 0.6) is 0 Å². The van der Waals surface area contributed by atoms with Gasteiger partial charge in [0.2, 0.25) is 0 Å². The van der Waals surface area contributed by atoms with Gasteiger partial charge in [-0.3, -0.25) is 14.4 Å². The van der Waals surface area contributed by atoms with Gasteiger partial charge in [0.05, 0.1) is 0 Å². The van der Waals surface area contributed by atoms with E-state index < -0.39 is 6.10 Å². The third-order valence-corrected chi connectivity index (χ3v) is 13.7. The van der Waals surface area contributed by atoms with Crippen LogP contribution >= 0.6 is 0 Å². The quantitative estimate of drug-likeness (QED) is 0.0261. The normalized spacial score (nSPS) is 13.0. The first-order valence-electron chi connectivity index (χ1n) is 32.7. The molecule has 0 rings (SSSR count). The highest BCUT2D eigenvalue weighted by Crippen LogP contribution is 2.17. The summed E-state index contributed by atoms with van der Waals surface area (Å²) < 4.78 is 16.8. The minimum absolute atomic E-state index is 0.125. The Kier molecular flexibility index (Phi) is 62.3. The predicted molar refractivity (Wildman–Crippen MR) is 343 cm³/mol. The minimum Gasteiger partial charge on any atom is -0.462 e. The molecule has 0 saturated heterocycles. The summed E-state index contributed by atoms with van der Waals surface area (Å²) in [7, 11) is 0. The standard InChI is InChI=1S/C73H120O6/c1-4-7-10-13-16-19-22-25-27-29-31-33-35-36-38-39-41-43-45-48-51-54-57-60-63-66-72(75)78-69-70(68-77-71(74)65-62-59-56-53-50-47-24-21-18-15-12-9-6-3)79-73(76)67-64-61-58-55-52-49-46-44-42-40-37-34-32-30-28-26-23-20-17-14-11-8-5-2/h8-9,11-12,17-18,20-21,26,28,32,34,40,42,46-47,49-50,55-56,58-59,70H,4-7,10,13-16,19,22-25,27,29-31,33,35-39,41,43-45,48,51-54,57,60-69H2,1-3H3/b11-8-,12-9-,20-17-,21-18-,28-26-,34-32-,42-40-,49-46-,50-47-,58-55-,59-56-. The lowest BCUT2D eigenvalue weighted by Gasteiger charge is -2.18. The molecule has 0 aromatic carbocycles. The molecule has 0 saturated carbocycles. The Morgan fingerprint density at radius 3 is 0.835 bits per heavy atom. The van der Waals surface area contributed by atoms with Gasteiger partial charge in [-0.15, -0.1) is 0 Å². The van der Waals surface area contributed by atoms with Gasteiger partial charge in [0, 0.05) is 19.3 Å². The van der Waals surface area contributed by atoms with Crippen molar-refractivity contribution in [1.29, 1.82) is 0 Å². The number of ether oxygens (including phenoxy) is 3. The third-order valence-electron chi connectivity index (χ3n) is 13.7. The summed E-state index contributed by atoms with van der Waals surface area (Å²) in [5.74, 6) is -1.07. The Morgan fingerprint density at radius 1 is 0.266 bits per heavy atom. The van der Waals surface area contributed by atoms with E-state index in [0.717, 1.165) is 96.3 Å². The van der Waals surface area contributed by atoms with E-state index in [1.807, 2.05) is 12.2 Å². The monoisotopic (exact) mass is 1090 g/mol. The van der Waals surface area contributed by atoms with Crippen LogP contribution in [-0.2, 0) is 28.6 Å². The van der Waals surface area contributed by atoms with Gasteiger partial charge >= 0.3 is 17.9 Å². The number of carbonyl (C=O) groups excluding carboxylic acids is 3. The Bertz CT molecular complexity index is 1680. The lowest BCUT2D eigenvalue weighted by Crippen LogP contribution is -2.30. The SMILES string of the molecule is CC/C=C\C/C=C\C/C=C\C/C=C\C/C=C\C/C=C\C/C=C\CCCC(=O)OC(COC(=O)CC/C=C\C/C=C\C/C=C\C/C=C\CC)COC(=O)CCCCCCCCCCCCCCCCCCCCCCCCCCC. The van der Waals surface area contributed by atoms with Crippen molar-refractivity contribution < 1.29 is 28.6 Å². The van der Waals surface area contributed by atoms with E-state index in [-0.39, 0.29) is 44.0 Å². The summed E-state index contributed by atoms with van der Waals surface area (Å²) in [6, 6.07) is 0. The number of carbonyl (C=O) groups is 3. The van der Waals surface area contributed by atoms with Crippen molar-refractivity contribution in [2.24, 2.45) is 0 Å². The van der Waals surface area contributed by atoms with Gasteiger partial charge in [-0.1, -0.05) is 309 Å². The third kappa shape index (κ3) is 64.3. The van der Waals surface area contributed by atoms with Gasteiger partial charge in [-0.2, -0.15) is 0 Å². The molecular weight excluding hydrogens is 973 g/mol. The van der Waals surface area contributed by atoms with Crippen molar-refractivity contribution in [3.63, 3.8) is 0 Å². The van der Waals surface area contributed by atoms with Crippen LogP contribution < -0.4 is 0 Å².